The molecule has 0 fully saturated rings. The van der Waals surface area contributed by atoms with Crippen LogP contribution in [0.4, 0.5) is 5.69 Å². The molecule has 0 spiro atoms. The fourth-order valence-corrected chi connectivity index (χ4v) is 2.37. The van der Waals surface area contributed by atoms with Crippen molar-refractivity contribution in [3.63, 3.8) is 0 Å². The topological polar surface area (TPSA) is 54.0 Å². The lowest BCUT2D eigenvalue weighted by atomic mass is 10.2. The summed E-state index contributed by atoms with van der Waals surface area (Å²) in [4.78, 5) is 16.9. The minimum atomic E-state index is -0.0374. The van der Waals surface area contributed by atoms with E-state index in [1.165, 1.54) is 4.88 Å². The molecule has 0 saturated heterocycles. The van der Waals surface area contributed by atoms with Crippen molar-refractivity contribution in [2.24, 2.45) is 0 Å². The first-order chi connectivity index (χ1) is 9.20. The fraction of sp³-hybridized carbons (Fsp3) is 0.286. The van der Waals surface area contributed by atoms with Crippen LogP contribution in [0.2, 0.25) is 0 Å². The molecular weight excluding hydrogens is 258 g/mol. The molecule has 0 aliphatic rings. The summed E-state index contributed by atoms with van der Waals surface area (Å²) >= 11 is 1.63. The lowest BCUT2D eigenvalue weighted by Crippen LogP contribution is -2.22. The Hall–Kier alpha value is -1.88. The van der Waals surface area contributed by atoms with Crippen LogP contribution in [-0.4, -0.2) is 17.4 Å². The molecule has 0 saturated carbocycles. The number of nitrogens with one attached hydrogen (secondary N) is 2. The average molecular weight is 275 g/mol. The number of hydrogen-bond acceptors (Lipinski definition) is 4. The molecule has 5 heteroatoms. The van der Waals surface area contributed by atoms with Crippen LogP contribution in [0, 0.1) is 0 Å². The molecule has 1 atom stereocenters. The van der Waals surface area contributed by atoms with E-state index in [0.717, 1.165) is 5.69 Å². The number of rotatable bonds is 5. The van der Waals surface area contributed by atoms with Gasteiger partial charge >= 0.3 is 0 Å². The van der Waals surface area contributed by atoms with Crippen molar-refractivity contribution in [3.8, 4) is 0 Å². The number of carbonyl (C=O) groups is 1. The summed E-state index contributed by atoms with van der Waals surface area (Å²) in [5.41, 5.74) is 3.50. The minimum Gasteiger partial charge on any atom is -0.378 e. The summed E-state index contributed by atoms with van der Waals surface area (Å²) in [7, 11) is 0. The first kappa shape index (κ1) is 13.5. The lowest BCUT2D eigenvalue weighted by molar-refractivity contribution is 0.0956. The van der Waals surface area contributed by atoms with E-state index in [1.807, 2.05) is 42.9 Å². The second-order valence-corrected chi connectivity index (χ2v) is 5.12. The summed E-state index contributed by atoms with van der Waals surface area (Å²) in [6, 6.07) is 7.70. The van der Waals surface area contributed by atoms with Gasteiger partial charge in [-0.2, -0.15) is 0 Å². The molecule has 1 aromatic carbocycles. The molecule has 1 heterocycles. The standard InChI is InChI=1S/C14H17N3OS/c1-3-16-14(18)11-4-6-12(7-5-11)17-10(2)13-8-15-9-19-13/h4-10,17H,3H2,1-2H3,(H,16,18). The van der Waals surface area contributed by atoms with Gasteiger partial charge in [-0.15, -0.1) is 11.3 Å². The molecule has 100 valence electrons. The maximum Gasteiger partial charge on any atom is 0.251 e. The largest absolute Gasteiger partial charge is 0.378 e. The quantitative estimate of drug-likeness (QED) is 0.881. The predicted molar refractivity (Wildman–Crippen MR) is 78.6 cm³/mol. The SMILES string of the molecule is CCNC(=O)c1ccc(NC(C)c2cncs2)cc1. The highest BCUT2D eigenvalue weighted by atomic mass is 32.1. The number of amides is 1. The molecule has 0 bridgehead atoms. The molecule has 0 radical (unpaired) electrons. The molecular formula is C14H17N3OS. The fourth-order valence-electron chi connectivity index (χ4n) is 1.74. The van der Waals surface area contributed by atoms with Gasteiger partial charge in [0.05, 0.1) is 11.6 Å². The summed E-state index contributed by atoms with van der Waals surface area (Å²) in [6.07, 6.45) is 1.87. The first-order valence-corrected chi connectivity index (χ1v) is 7.12. The highest BCUT2D eigenvalue weighted by Gasteiger charge is 2.08. The number of anilines is 1. The van der Waals surface area contributed by atoms with Crippen LogP contribution in [0.25, 0.3) is 0 Å². The van der Waals surface area contributed by atoms with E-state index < -0.39 is 0 Å². The summed E-state index contributed by atoms with van der Waals surface area (Å²) < 4.78 is 0. The van der Waals surface area contributed by atoms with Crippen LogP contribution >= 0.6 is 11.3 Å². The average Bonchev–Trinajstić information content (AvgIpc) is 2.94. The van der Waals surface area contributed by atoms with Gasteiger partial charge in [0.2, 0.25) is 0 Å². The molecule has 1 aromatic heterocycles. The van der Waals surface area contributed by atoms with Gasteiger partial charge in [-0.05, 0) is 38.1 Å². The normalized spacial score (nSPS) is 11.9. The van der Waals surface area contributed by atoms with Gasteiger partial charge in [0.25, 0.3) is 5.91 Å². The number of thiazole rings is 1. The lowest BCUT2D eigenvalue weighted by Gasteiger charge is -2.13. The van der Waals surface area contributed by atoms with Gasteiger partial charge in [-0.25, -0.2) is 0 Å². The van der Waals surface area contributed by atoms with E-state index in [2.05, 4.69) is 22.5 Å². The molecule has 2 rings (SSSR count). The van der Waals surface area contributed by atoms with Gasteiger partial charge < -0.3 is 10.6 Å². The Morgan fingerprint density at radius 2 is 2.11 bits per heavy atom. The number of benzene rings is 1. The van der Waals surface area contributed by atoms with E-state index in [1.54, 1.807) is 11.3 Å². The Morgan fingerprint density at radius 1 is 1.37 bits per heavy atom. The maximum absolute atomic E-state index is 11.6. The third kappa shape index (κ3) is 3.54. The van der Waals surface area contributed by atoms with Gasteiger partial charge in [-0.3, -0.25) is 9.78 Å². The van der Waals surface area contributed by atoms with Crippen LogP contribution in [0.1, 0.15) is 35.1 Å². The van der Waals surface area contributed by atoms with Gasteiger partial charge in [0.1, 0.15) is 0 Å². The van der Waals surface area contributed by atoms with Crippen LogP contribution in [0.5, 0.6) is 0 Å². The van der Waals surface area contributed by atoms with Crippen molar-refractivity contribution < 1.29 is 4.79 Å². The Bertz CT molecular complexity index is 522. The maximum atomic E-state index is 11.6. The zero-order valence-electron chi connectivity index (χ0n) is 11.0. The first-order valence-electron chi connectivity index (χ1n) is 6.24. The number of aromatic nitrogens is 1. The Labute approximate surface area is 116 Å². The molecule has 19 heavy (non-hydrogen) atoms. The second kappa shape index (κ2) is 6.33. The third-order valence-corrected chi connectivity index (χ3v) is 3.70. The van der Waals surface area contributed by atoms with Crippen molar-refractivity contribution in [2.45, 2.75) is 19.9 Å². The Kier molecular flexibility index (Phi) is 4.52. The van der Waals surface area contributed by atoms with Gasteiger partial charge in [0.15, 0.2) is 0 Å². The summed E-state index contributed by atoms with van der Waals surface area (Å²) in [6.45, 7) is 4.64. The third-order valence-electron chi connectivity index (χ3n) is 2.75. The van der Waals surface area contributed by atoms with Gasteiger partial charge in [0, 0.05) is 28.9 Å². The van der Waals surface area contributed by atoms with Crippen LogP contribution in [0.15, 0.2) is 36.0 Å². The van der Waals surface area contributed by atoms with E-state index in [4.69, 9.17) is 0 Å². The van der Waals surface area contributed by atoms with E-state index >= 15 is 0 Å². The van der Waals surface area contributed by atoms with Gasteiger partial charge in [-0.1, -0.05) is 0 Å². The van der Waals surface area contributed by atoms with Crippen LogP contribution in [0.3, 0.4) is 0 Å². The molecule has 2 N–H and O–H groups in total. The minimum absolute atomic E-state index is 0.0374. The van der Waals surface area contributed by atoms with Crippen molar-refractivity contribution in [1.82, 2.24) is 10.3 Å². The molecule has 4 nitrogen and oxygen atoms in total. The Morgan fingerprint density at radius 3 is 2.68 bits per heavy atom. The smallest absolute Gasteiger partial charge is 0.251 e. The molecule has 2 aromatic rings. The summed E-state index contributed by atoms with van der Waals surface area (Å²) in [5, 5.41) is 6.16. The molecule has 1 amide bonds. The summed E-state index contributed by atoms with van der Waals surface area (Å²) in [5.74, 6) is -0.0374. The number of hydrogen-bond donors (Lipinski definition) is 2. The second-order valence-electron chi connectivity index (χ2n) is 4.21. The highest BCUT2D eigenvalue weighted by molar-refractivity contribution is 7.09. The van der Waals surface area contributed by atoms with Crippen molar-refractivity contribution >= 4 is 22.9 Å². The number of carbonyl (C=O) groups excluding carboxylic acids is 1. The van der Waals surface area contributed by atoms with E-state index in [9.17, 15) is 4.79 Å². The zero-order valence-corrected chi connectivity index (χ0v) is 11.8. The van der Waals surface area contributed by atoms with Crippen LogP contribution in [-0.2, 0) is 0 Å². The molecule has 0 aliphatic carbocycles. The van der Waals surface area contributed by atoms with E-state index in [-0.39, 0.29) is 11.9 Å². The van der Waals surface area contributed by atoms with Crippen molar-refractivity contribution in [2.75, 3.05) is 11.9 Å². The van der Waals surface area contributed by atoms with Crippen molar-refractivity contribution in [3.05, 3.63) is 46.4 Å². The number of nitrogens with zero attached hydrogens (tertiary/aromatic N) is 1. The predicted octanol–water partition coefficient (Wildman–Crippen LogP) is 3.07. The molecule has 1 unspecified atom stereocenters. The van der Waals surface area contributed by atoms with Crippen LogP contribution < -0.4 is 10.6 Å². The van der Waals surface area contributed by atoms with Crippen molar-refractivity contribution in [1.29, 1.82) is 0 Å². The zero-order chi connectivity index (χ0) is 13.7. The molecule has 0 aliphatic heterocycles. The highest BCUT2D eigenvalue weighted by Crippen LogP contribution is 2.22. The Balaban J connectivity index is 2.01. The van der Waals surface area contributed by atoms with E-state index in [0.29, 0.717) is 12.1 Å². The monoisotopic (exact) mass is 275 g/mol.